The molecule has 0 unspecified atom stereocenters. The average Bonchev–Trinajstić information content (AvgIpc) is 2.53. The summed E-state index contributed by atoms with van der Waals surface area (Å²) in [5, 5.41) is 8.92. The largest absolute Gasteiger partial charge is 0.481 e. The van der Waals surface area contributed by atoms with Crippen LogP contribution in [0.15, 0.2) is 11.6 Å². The standard InChI is InChI=1S/C12H19NO2/c1-2-8-3-9-5-12(7-13,6-11(14)15)10(9)4-8/h2,9-10H,3-7,13H2,1H3,(H,14,15)/b8-2-/t9-,10-,12-/m0/s1. The number of hydrogen-bond donors (Lipinski definition) is 2. The second-order valence-electron chi connectivity index (χ2n) is 5.06. The number of aliphatic carboxylic acids is 1. The monoisotopic (exact) mass is 209 g/mol. The molecule has 3 heteroatoms. The molecule has 2 fully saturated rings. The lowest BCUT2D eigenvalue weighted by Crippen LogP contribution is -2.51. The zero-order chi connectivity index (χ0) is 11.1. The molecule has 0 aliphatic heterocycles. The SMILES string of the molecule is C/C=C1/C[C@H]2C[C@@](CN)(CC(=O)O)[C@H]2C1. The van der Waals surface area contributed by atoms with Gasteiger partial charge in [-0.2, -0.15) is 0 Å². The van der Waals surface area contributed by atoms with Crippen molar-refractivity contribution in [2.45, 2.75) is 32.6 Å². The summed E-state index contributed by atoms with van der Waals surface area (Å²) in [6, 6.07) is 0. The van der Waals surface area contributed by atoms with Gasteiger partial charge in [-0.1, -0.05) is 11.6 Å². The van der Waals surface area contributed by atoms with Crippen molar-refractivity contribution < 1.29 is 9.90 Å². The van der Waals surface area contributed by atoms with Crippen molar-refractivity contribution in [1.82, 2.24) is 0 Å². The zero-order valence-corrected chi connectivity index (χ0v) is 9.20. The maximum absolute atomic E-state index is 10.8. The molecule has 84 valence electrons. The Morgan fingerprint density at radius 1 is 1.67 bits per heavy atom. The molecule has 0 bridgehead atoms. The van der Waals surface area contributed by atoms with E-state index in [0.29, 0.717) is 18.4 Å². The van der Waals surface area contributed by atoms with Gasteiger partial charge in [-0.15, -0.1) is 0 Å². The first-order chi connectivity index (χ1) is 7.11. The number of fused-ring (bicyclic) bond motifs is 1. The molecule has 2 aliphatic rings. The summed E-state index contributed by atoms with van der Waals surface area (Å²) in [5.74, 6) is 0.539. The first-order valence-corrected chi connectivity index (χ1v) is 5.67. The van der Waals surface area contributed by atoms with Gasteiger partial charge < -0.3 is 10.8 Å². The van der Waals surface area contributed by atoms with Crippen LogP contribution in [-0.2, 0) is 4.79 Å². The number of carboxylic acid groups (broad SMARTS) is 1. The Bertz CT molecular complexity index is 311. The smallest absolute Gasteiger partial charge is 0.303 e. The van der Waals surface area contributed by atoms with Crippen molar-refractivity contribution in [1.29, 1.82) is 0 Å². The van der Waals surface area contributed by atoms with E-state index in [-0.39, 0.29) is 11.8 Å². The molecule has 0 aromatic rings. The summed E-state index contributed by atoms with van der Waals surface area (Å²) in [4.78, 5) is 10.8. The fourth-order valence-electron chi connectivity index (χ4n) is 3.50. The molecule has 0 aromatic heterocycles. The third-order valence-corrected chi connectivity index (χ3v) is 4.35. The van der Waals surface area contributed by atoms with E-state index >= 15 is 0 Å². The van der Waals surface area contributed by atoms with Crippen LogP contribution in [0.25, 0.3) is 0 Å². The first kappa shape index (κ1) is 10.7. The van der Waals surface area contributed by atoms with Crippen LogP contribution in [0.1, 0.15) is 32.6 Å². The molecule has 0 radical (unpaired) electrons. The highest BCUT2D eigenvalue weighted by molar-refractivity contribution is 5.68. The molecule has 2 saturated carbocycles. The molecule has 3 N–H and O–H groups in total. The Kier molecular flexibility index (Phi) is 2.59. The van der Waals surface area contributed by atoms with Crippen molar-refractivity contribution >= 4 is 5.97 Å². The quantitative estimate of drug-likeness (QED) is 0.696. The lowest BCUT2D eigenvalue weighted by Gasteiger charge is -2.51. The minimum absolute atomic E-state index is 0.0960. The van der Waals surface area contributed by atoms with Gasteiger partial charge in [0.25, 0.3) is 0 Å². The highest BCUT2D eigenvalue weighted by atomic mass is 16.4. The van der Waals surface area contributed by atoms with Gasteiger partial charge in [0.2, 0.25) is 0 Å². The third kappa shape index (κ3) is 1.59. The van der Waals surface area contributed by atoms with Gasteiger partial charge in [-0.05, 0) is 50.0 Å². The van der Waals surface area contributed by atoms with Gasteiger partial charge in [-0.3, -0.25) is 4.79 Å². The van der Waals surface area contributed by atoms with Crippen molar-refractivity contribution in [3.05, 3.63) is 11.6 Å². The number of hydrogen-bond acceptors (Lipinski definition) is 2. The van der Waals surface area contributed by atoms with E-state index in [4.69, 9.17) is 10.8 Å². The second-order valence-corrected chi connectivity index (χ2v) is 5.06. The Labute approximate surface area is 90.3 Å². The number of rotatable bonds is 3. The van der Waals surface area contributed by atoms with Gasteiger partial charge in [0.15, 0.2) is 0 Å². The zero-order valence-electron chi connectivity index (χ0n) is 9.20. The van der Waals surface area contributed by atoms with Crippen LogP contribution in [0.5, 0.6) is 0 Å². The number of nitrogens with two attached hydrogens (primary N) is 1. The molecule has 0 spiro atoms. The van der Waals surface area contributed by atoms with Crippen LogP contribution in [-0.4, -0.2) is 17.6 Å². The summed E-state index contributed by atoms with van der Waals surface area (Å²) >= 11 is 0. The van der Waals surface area contributed by atoms with Gasteiger partial charge >= 0.3 is 5.97 Å². The number of allylic oxidation sites excluding steroid dienone is 2. The summed E-state index contributed by atoms with van der Waals surface area (Å²) in [7, 11) is 0. The summed E-state index contributed by atoms with van der Waals surface area (Å²) < 4.78 is 0. The van der Waals surface area contributed by atoms with Crippen molar-refractivity contribution in [3.8, 4) is 0 Å². The van der Waals surface area contributed by atoms with Crippen LogP contribution in [0.2, 0.25) is 0 Å². The van der Waals surface area contributed by atoms with Crippen LogP contribution in [0, 0.1) is 17.3 Å². The van der Waals surface area contributed by atoms with Crippen LogP contribution < -0.4 is 5.73 Å². The fraction of sp³-hybridized carbons (Fsp3) is 0.750. The summed E-state index contributed by atoms with van der Waals surface area (Å²) in [6.45, 7) is 2.60. The summed E-state index contributed by atoms with van der Waals surface area (Å²) in [5.41, 5.74) is 7.17. The molecule has 3 nitrogen and oxygen atoms in total. The van der Waals surface area contributed by atoms with E-state index in [1.54, 1.807) is 0 Å². The minimum atomic E-state index is -0.701. The third-order valence-electron chi connectivity index (χ3n) is 4.35. The van der Waals surface area contributed by atoms with E-state index in [1.807, 2.05) is 0 Å². The molecule has 3 atom stereocenters. The molecular weight excluding hydrogens is 190 g/mol. The second kappa shape index (κ2) is 3.63. The Morgan fingerprint density at radius 2 is 2.40 bits per heavy atom. The molecular formula is C12H19NO2. The van der Waals surface area contributed by atoms with Gasteiger partial charge in [-0.25, -0.2) is 0 Å². The molecule has 2 rings (SSSR count). The van der Waals surface area contributed by atoms with Crippen LogP contribution in [0.4, 0.5) is 0 Å². The number of carboxylic acids is 1. The minimum Gasteiger partial charge on any atom is -0.481 e. The molecule has 0 heterocycles. The average molecular weight is 209 g/mol. The lowest BCUT2D eigenvalue weighted by atomic mass is 9.53. The predicted molar refractivity (Wildman–Crippen MR) is 58.3 cm³/mol. The van der Waals surface area contributed by atoms with E-state index in [0.717, 1.165) is 12.8 Å². The van der Waals surface area contributed by atoms with Crippen molar-refractivity contribution in [3.63, 3.8) is 0 Å². The molecule has 0 aromatic carbocycles. The van der Waals surface area contributed by atoms with E-state index < -0.39 is 5.97 Å². The Morgan fingerprint density at radius 3 is 2.93 bits per heavy atom. The van der Waals surface area contributed by atoms with E-state index in [2.05, 4.69) is 13.0 Å². The van der Waals surface area contributed by atoms with Gasteiger partial charge in [0, 0.05) is 0 Å². The topological polar surface area (TPSA) is 63.3 Å². The lowest BCUT2D eigenvalue weighted by molar-refractivity contribution is -0.145. The van der Waals surface area contributed by atoms with Crippen molar-refractivity contribution in [2.75, 3.05) is 6.54 Å². The van der Waals surface area contributed by atoms with Crippen LogP contribution >= 0.6 is 0 Å². The Balaban J connectivity index is 2.09. The molecule has 0 amide bonds. The maximum Gasteiger partial charge on any atom is 0.303 e. The van der Waals surface area contributed by atoms with Crippen molar-refractivity contribution in [2.24, 2.45) is 23.0 Å². The normalized spacial score (nSPS) is 41.3. The molecule has 2 aliphatic carbocycles. The molecule has 15 heavy (non-hydrogen) atoms. The fourth-order valence-corrected chi connectivity index (χ4v) is 3.50. The molecule has 0 saturated heterocycles. The van der Waals surface area contributed by atoms with Crippen LogP contribution in [0.3, 0.4) is 0 Å². The maximum atomic E-state index is 10.8. The predicted octanol–water partition coefficient (Wildman–Crippen LogP) is 1.78. The highest BCUT2D eigenvalue weighted by Gasteiger charge is 2.56. The highest BCUT2D eigenvalue weighted by Crippen LogP contribution is 2.61. The first-order valence-electron chi connectivity index (χ1n) is 5.67. The van der Waals surface area contributed by atoms with Gasteiger partial charge in [0.05, 0.1) is 6.42 Å². The van der Waals surface area contributed by atoms with Gasteiger partial charge in [0.1, 0.15) is 0 Å². The summed E-state index contributed by atoms with van der Waals surface area (Å²) in [6.07, 6.45) is 5.69. The van der Waals surface area contributed by atoms with E-state index in [1.165, 1.54) is 12.0 Å². The number of carbonyl (C=O) groups is 1. The Hall–Kier alpha value is -0.830. The van der Waals surface area contributed by atoms with E-state index in [9.17, 15) is 4.79 Å².